The first-order chi connectivity index (χ1) is 14.5. The molecule has 1 aromatic carbocycles. The van der Waals surface area contributed by atoms with Crippen LogP contribution in [0.1, 0.15) is 41.6 Å². The van der Waals surface area contributed by atoms with Gasteiger partial charge in [0.25, 0.3) is 11.8 Å². The molecule has 0 spiro atoms. The largest absolute Gasteiger partial charge is 0.376 e. The smallest absolute Gasteiger partial charge is 0.323 e. The van der Waals surface area contributed by atoms with Crippen molar-refractivity contribution >= 4 is 39.3 Å². The van der Waals surface area contributed by atoms with Crippen molar-refractivity contribution in [3.8, 4) is 5.69 Å². The third kappa shape index (κ3) is 2.65. The van der Waals surface area contributed by atoms with Crippen molar-refractivity contribution in [2.24, 2.45) is 0 Å². The summed E-state index contributed by atoms with van der Waals surface area (Å²) in [5, 5.41) is 1.36. The van der Waals surface area contributed by atoms with E-state index in [0.717, 1.165) is 16.6 Å². The predicted molar refractivity (Wildman–Crippen MR) is 111 cm³/mol. The molecule has 0 saturated carbocycles. The van der Waals surface area contributed by atoms with Crippen LogP contribution in [0, 0.1) is 13.8 Å². The monoisotopic (exact) mass is 417 g/mol. The molecule has 4 aromatic rings. The topological polar surface area (TPSA) is 81.5 Å². The maximum absolute atomic E-state index is 13.1. The highest BCUT2D eigenvalue weighted by Gasteiger charge is 2.39. The Kier molecular flexibility index (Phi) is 4.04. The van der Waals surface area contributed by atoms with E-state index in [-0.39, 0.29) is 16.0 Å². The van der Waals surface area contributed by atoms with Gasteiger partial charge in [-0.15, -0.1) is 11.3 Å². The summed E-state index contributed by atoms with van der Waals surface area (Å²) in [5.41, 5.74) is 2.85. The lowest BCUT2D eigenvalue weighted by Gasteiger charge is -2.13. The molecule has 0 radical (unpaired) electrons. The number of nitrogens with zero attached hydrogens (tertiary/aromatic N) is 3. The second-order valence-corrected chi connectivity index (χ2v) is 7.96. The second kappa shape index (κ2) is 6.64. The Balaban J connectivity index is 1.60. The molecule has 0 atom stereocenters. The zero-order valence-electron chi connectivity index (χ0n) is 16.1. The lowest BCUT2D eigenvalue weighted by atomic mass is 10.1. The Morgan fingerprint density at radius 2 is 1.63 bits per heavy atom. The molecule has 0 N–H and O–H groups in total. The van der Waals surface area contributed by atoms with E-state index in [2.05, 4.69) is 4.98 Å². The van der Waals surface area contributed by atoms with Gasteiger partial charge in [-0.3, -0.25) is 9.59 Å². The minimum absolute atomic E-state index is 0.213. The molecule has 0 saturated heterocycles. The van der Waals surface area contributed by atoms with Crippen molar-refractivity contribution in [2.75, 3.05) is 0 Å². The average Bonchev–Trinajstić information content (AvgIpc) is 3.42. The van der Waals surface area contributed by atoms with Crippen molar-refractivity contribution in [3.63, 3.8) is 0 Å². The van der Waals surface area contributed by atoms with Gasteiger partial charge in [0.1, 0.15) is 9.71 Å². The Morgan fingerprint density at radius 3 is 2.27 bits per heavy atom. The molecule has 7 nitrogen and oxygen atoms in total. The number of imide groups is 1. The lowest BCUT2D eigenvalue weighted by molar-refractivity contribution is -0.0581. The number of benzene rings is 1. The average molecular weight is 417 g/mol. The molecule has 0 fully saturated rings. The highest BCUT2D eigenvalue weighted by molar-refractivity contribution is 7.21. The molecule has 30 heavy (non-hydrogen) atoms. The SMILES string of the molecule is Cc1cc(C)c2c(-n3cccc3)c(C(=O)ON3C(=O)c4ccccc4C3=O)sc2n1. The summed E-state index contributed by atoms with van der Waals surface area (Å²) in [6.45, 7) is 3.84. The Hall–Kier alpha value is -3.78. The number of fused-ring (bicyclic) bond motifs is 2. The van der Waals surface area contributed by atoms with E-state index in [9.17, 15) is 14.4 Å². The van der Waals surface area contributed by atoms with Gasteiger partial charge in [-0.2, -0.15) is 0 Å². The van der Waals surface area contributed by atoms with E-state index >= 15 is 0 Å². The third-order valence-corrected chi connectivity index (χ3v) is 5.99. The minimum atomic E-state index is -0.784. The normalized spacial score (nSPS) is 13.2. The first-order valence-electron chi connectivity index (χ1n) is 9.20. The molecule has 4 heterocycles. The Labute approximate surface area is 175 Å². The van der Waals surface area contributed by atoms with Gasteiger partial charge < -0.3 is 9.40 Å². The van der Waals surface area contributed by atoms with Crippen LogP contribution in [-0.4, -0.2) is 32.4 Å². The summed E-state index contributed by atoms with van der Waals surface area (Å²) in [5.74, 6) is -2.09. The van der Waals surface area contributed by atoms with Crippen molar-refractivity contribution in [1.29, 1.82) is 0 Å². The summed E-state index contributed by atoms with van der Waals surface area (Å²) in [6, 6.07) is 12.0. The van der Waals surface area contributed by atoms with Crippen molar-refractivity contribution in [3.05, 3.63) is 82.1 Å². The van der Waals surface area contributed by atoms with E-state index in [0.29, 0.717) is 15.6 Å². The van der Waals surface area contributed by atoms with Crippen LogP contribution < -0.4 is 0 Å². The summed E-state index contributed by atoms with van der Waals surface area (Å²) in [6.07, 6.45) is 3.64. The molecule has 1 aliphatic heterocycles. The fraction of sp³-hybridized carbons (Fsp3) is 0.0909. The Morgan fingerprint density at radius 1 is 1.00 bits per heavy atom. The number of rotatable bonds is 3. The van der Waals surface area contributed by atoms with Gasteiger partial charge in [-0.1, -0.05) is 17.2 Å². The second-order valence-electron chi connectivity index (χ2n) is 6.96. The number of amides is 2. The summed E-state index contributed by atoms with van der Waals surface area (Å²) >= 11 is 1.17. The molecule has 5 rings (SSSR count). The van der Waals surface area contributed by atoms with Crippen molar-refractivity contribution in [1.82, 2.24) is 14.6 Å². The van der Waals surface area contributed by atoms with Crippen LogP contribution in [0.15, 0.2) is 54.9 Å². The number of hydroxylamine groups is 2. The van der Waals surface area contributed by atoms with Crippen LogP contribution in [0.3, 0.4) is 0 Å². The van der Waals surface area contributed by atoms with E-state index in [1.54, 1.807) is 12.1 Å². The van der Waals surface area contributed by atoms with Crippen LogP contribution in [0.5, 0.6) is 0 Å². The maximum atomic E-state index is 13.1. The van der Waals surface area contributed by atoms with Crippen LogP contribution >= 0.6 is 11.3 Å². The van der Waals surface area contributed by atoms with E-state index < -0.39 is 17.8 Å². The van der Waals surface area contributed by atoms with Crippen LogP contribution in [0.4, 0.5) is 0 Å². The van der Waals surface area contributed by atoms with E-state index in [1.807, 2.05) is 49.0 Å². The van der Waals surface area contributed by atoms with Crippen LogP contribution in [0.25, 0.3) is 15.9 Å². The van der Waals surface area contributed by atoms with Crippen LogP contribution in [-0.2, 0) is 4.84 Å². The molecule has 0 unspecified atom stereocenters. The molecule has 0 aliphatic carbocycles. The van der Waals surface area contributed by atoms with Gasteiger partial charge in [0.05, 0.1) is 16.8 Å². The van der Waals surface area contributed by atoms with E-state index in [1.165, 1.54) is 23.5 Å². The fourth-order valence-corrected chi connectivity index (χ4v) is 4.83. The van der Waals surface area contributed by atoms with E-state index in [4.69, 9.17) is 4.84 Å². The number of aryl methyl sites for hydroxylation is 2. The molecule has 2 amide bonds. The number of hydrogen-bond acceptors (Lipinski definition) is 6. The maximum Gasteiger partial charge on any atom is 0.376 e. The highest BCUT2D eigenvalue weighted by atomic mass is 32.1. The van der Waals surface area contributed by atoms with Crippen LogP contribution in [0.2, 0.25) is 0 Å². The lowest BCUT2D eigenvalue weighted by Crippen LogP contribution is -2.32. The number of aromatic nitrogens is 2. The first-order valence-corrected chi connectivity index (χ1v) is 10.0. The minimum Gasteiger partial charge on any atom is -0.323 e. The fourth-order valence-electron chi connectivity index (χ4n) is 3.67. The quantitative estimate of drug-likeness (QED) is 0.469. The standard InChI is InChI=1S/C22H15N3O4S/c1-12-11-13(2)23-19-16(12)17(24-9-5-6-10-24)18(30-19)22(28)29-25-20(26)14-7-3-4-8-15(14)21(25)27/h3-11H,1-2H3. The van der Waals surface area contributed by atoms with Gasteiger partial charge in [-0.05, 0) is 49.7 Å². The molecule has 148 valence electrons. The molecular weight excluding hydrogens is 402 g/mol. The first kappa shape index (κ1) is 18.3. The van der Waals surface area contributed by atoms with Crippen molar-refractivity contribution < 1.29 is 19.2 Å². The molecule has 8 heteroatoms. The Bertz CT molecular complexity index is 1320. The summed E-state index contributed by atoms with van der Waals surface area (Å²) in [7, 11) is 0. The summed E-state index contributed by atoms with van der Waals surface area (Å²) in [4.78, 5) is 49.1. The molecule has 3 aromatic heterocycles. The summed E-state index contributed by atoms with van der Waals surface area (Å²) < 4.78 is 1.81. The zero-order valence-corrected chi connectivity index (χ0v) is 16.9. The number of carbonyl (C=O) groups is 3. The van der Waals surface area contributed by atoms with Gasteiger partial charge in [0.2, 0.25) is 0 Å². The number of pyridine rings is 1. The zero-order chi connectivity index (χ0) is 21.0. The molecule has 1 aliphatic rings. The van der Waals surface area contributed by atoms with Gasteiger partial charge in [-0.25, -0.2) is 9.78 Å². The third-order valence-electron chi connectivity index (χ3n) is 4.94. The molecule has 0 bridgehead atoms. The number of carbonyl (C=O) groups excluding carboxylic acids is 3. The number of thiophene rings is 1. The highest BCUT2D eigenvalue weighted by Crippen LogP contribution is 2.37. The van der Waals surface area contributed by atoms with Crippen molar-refractivity contribution in [2.45, 2.75) is 13.8 Å². The van der Waals surface area contributed by atoms with Gasteiger partial charge >= 0.3 is 5.97 Å². The predicted octanol–water partition coefficient (Wildman–Crippen LogP) is 4.07. The number of hydrogen-bond donors (Lipinski definition) is 0. The van der Waals surface area contributed by atoms with Gasteiger partial charge in [0.15, 0.2) is 0 Å². The molecular formula is C22H15N3O4S. The van der Waals surface area contributed by atoms with Gasteiger partial charge in [0, 0.05) is 23.5 Å².